The molecule has 2 rings (SSSR count). The summed E-state index contributed by atoms with van der Waals surface area (Å²) in [5, 5.41) is 3.56. The Morgan fingerprint density at radius 3 is 2.93 bits per heavy atom. The van der Waals surface area contributed by atoms with E-state index in [0.29, 0.717) is 17.7 Å². The zero-order valence-corrected chi connectivity index (χ0v) is 8.35. The highest BCUT2D eigenvalue weighted by Gasteiger charge is 2.17. The topological polar surface area (TPSA) is 21.3 Å². The smallest absolute Gasteiger partial charge is 0.166 e. The zero-order chi connectivity index (χ0) is 9.97. The zero-order valence-electron chi connectivity index (χ0n) is 7.59. The Bertz CT molecular complexity index is 328. The normalized spacial score (nSPS) is 20.3. The van der Waals surface area contributed by atoms with Crippen LogP contribution in [0.15, 0.2) is 18.2 Å². The van der Waals surface area contributed by atoms with Gasteiger partial charge in [0.1, 0.15) is 6.61 Å². The van der Waals surface area contributed by atoms with E-state index < -0.39 is 5.82 Å². The van der Waals surface area contributed by atoms with Crippen molar-refractivity contribution in [1.29, 1.82) is 0 Å². The number of ether oxygens (including phenoxy) is 1. The third-order valence-electron chi connectivity index (χ3n) is 2.26. The van der Waals surface area contributed by atoms with Gasteiger partial charge in [0.25, 0.3) is 0 Å². The van der Waals surface area contributed by atoms with Crippen LogP contribution in [-0.4, -0.2) is 19.2 Å². The number of hydrogen-bond acceptors (Lipinski definition) is 2. The molecular formula is C10H11ClFNO. The summed E-state index contributed by atoms with van der Waals surface area (Å²) >= 11 is 5.61. The van der Waals surface area contributed by atoms with Gasteiger partial charge in [0.05, 0.1) is 0 Å². The van der Waals surface area contributed by atoms with Crippen LogP contribution in [-0.2, 0) is 0 Å². The van der Waals surface area contributed by atoms with Crippen molar-refractivity contribution in [2.24, 2.45) is 0 Å². The third kappa shape index (κ3) is 2.16. The third-order valence-corrected chi connectivity index (χ3v) is 2.49. The van der Waals surface area contributed by atoms with Gasteiger partial charge in [-0.2, -0.15) is 0 Å². The van der Waals surface area contributed by atoms with E-state index in [1.807, 2.05) is 0 Å². The van der Waals surface area contributed by atoms with Gasteiger partial charge in [0.15, 0.2) is 11.6 Å². The van der Waals surface area contributed by atoms with Gasteiger partial charge >= 0.3 is 0 Å². The first kappa shape index (κ1) is 9.74. The van der Waals surface area contributed by atoms with Crippen molar-refractivity contribution in [2.75, 3.05) is 13.2 Å². The van der Waals surface area contributed by atoms with Gasteiger partial charge in [0.2, 0.25) is 0 Å². The molecular weight excluding hydrogens is 205 g/mol. The monoisotopic (exact) mass is 215 g/mol. The lowest BCUT2D eigenvalue weighted by Crippen LogP contribution is -2.46. The summed E-state index contributed by atoms with van der Waals surface area (Å²) in [5.41, 5.74) is 0. The first-order valence-electron chi connectivity index (χ1n) is 4.57. The second-order valence-corrected chi connectivity index (χ2v) is 3.76. The Kier molecular flexibility index (Phi) is 2.89. The first-order valence-corrected chi connectivity index (χ1v) is 4.95. The molecule has 1 saturated heterocycles. The molecule has 1 aliphatic heterocycles. The number of rotatable bonds is 3. The lowest BCUT2D eigenvalue weighted by molar-refractivity contribution is 0.211. The predicted octanol–water partition coefficient (Wildman–Crippen LogP) is 2.22. The van der Waals surface area contributed by atoms with Gasteiger partial charge in [0, 0.05) is 11.1 Å². The van der Waals surface area contributed by atoms with Gasteiger partial charge in [-0.15, -0.1) is 0 Å². The molecule has 0 saturated carbocycles. The van der Waals surface area contributed by atoms with E-state index in [2.05, 4.69) is 5.32 Å². The fourth-order valence-electron chi connectivity index (χ4n) is 1.27. The molecule has 1 aromatic rings. The van der Waals surface area contributed by atoms with E-state index in [9.17, 15) is 4.39 Å². The minimum Gasteiger partial charge on any atom is -0.489 e. The van der Waals surface area contributed by atoms with Gasteiger partial charge in [-0.3, -0.25) is 0 Å². The number of benzene rings is 1. The summed E-state index contributed by atoms with van der Waals surface area (Å²) in [4.78, 5) is 0. The van der Waals surface area contributed by atoms with E-state index in [1.165, 1.54) is 6.07 Å². The number of hydrogen-bond donors (Lipinski definition) is 1. The number of halogens is 2. The SMILES string of the molecule is Fc1cc(Cl)ccc1OCC1CCN1. The summed E-state index contributed by atoms with van der Waals surface area (Å²) in [6.45, 7) is 1.54. The fraction of sp³-hybridized carbons (Fsp3) is 0.400. The molecule has 1 atom stereocenters. The van der Waals surface area contributed by atoms with Crippen LogP contribution in [0.2, 0.25) is 5.02 Å². The lowest BCUT2D eigenvalue weighted by atomic mass is 10.1. The maximum Gasteiger partial charge on any atom is 0.166 e. The Morgan fingerprint density at radius 2 is 2.36 bits per heavy atom. The van der Waals surface area contributed by atoms with E-state index >= 15 is 0 Å². The number of nitrogens with one attached hydrogen (secondary N) is 1. The molecule has 0 amide bonds. The lowest BCUT2D eigenvalue weighted by Gasteiger charge is -2.27. The van der Waals surface area contributed by atoms with Crippen molar-refractivity contribution < 1.29 is 9.13 Å². The first-order chi connectivity index (χ1) is 6.75. The average molecular weight is 216 g/mol. The van der Waals surface area contributed by atoms with E-state index in [-0.39, 0.29) is 5.75 Å². The van der Waals surface area contributed by atoms with Gasteiger partial charge in [-0.05, 0) is 31.2 Å². The maximum atomic E-state index is 13.2. The largest absolute Gasteiger partial charge is 0.489 e. The van der Waals surface area contributed by atoms with Crippen LogP contribution in [0.4, 0.5) is 4.39 Å². The maximum absolute atomic E-state index is 13.2. The molecule has 0 radical (unpaired) electrons. The molecule has 2 nitrogen and oxygen atoms in total. The van der Waals surface area contributed by atoms with Crippen LogP contribution in [0.5, 0.6) is 5.75 Å². The molecule has 4 heteroatoms. The van der Waals surface area contributed by atoms with Gasteiger partial charge in [-0.1, -0.05) is 11.6 Å². The summed E-state index contributed by atoms with van der Waals surface area (Å²) in [6.07, 6.45) is 1.09. The van der Waals surface area contributed by atoms with Crippen molar-refractivity contribution in [2.45, 2.75) is 12.5 Å². The van der Waals surface area contributed by atoms with Gasteiger partial charge in [-0.25, -0.2) is 4.39 Å². The Hall–Kier alpha value is -0.800. The summed E-state index contributed by atoms with van der Waals surface area (Å²) in [6, 6.07) is 4.79. The highest BCUT2D eigenvalue weighted by molar-refractivity contribution is 6.30. The minimum atomic E-state index is -0.406. The van der Waals surface area contributed by atoms with Crippen LogP contribution >= 0.6 is 11.6 Å². The molecule has 14 heavy (non-hydrogen) atoms. The molecule has 1 N–H and O–H groups in total. The molecule has 1 heterocycles. The van der Waals surface area contributed by atoms with Crippen molar-refractivity contribution in [3.05, 3.63) is 29.0 Å². The molecule has 76 valence electrons. The molecule has 0 spiro atoms. The van der Waals surface area contributed by atoms with Crippen LogP contribution in [0.3, 0.4) is 0 Å². The van der Waals surface area contributed by atoms with E-state index in [4.69, 9.17) is 16.3 Å². The Morgan fingerprint density at radius 1 is 1.57 bits per heavy atom. The van der Waals surface area contributed by atoms with E-state index in [1.54, 1.807) is 12.1 Å². The second kappa shape index (κ2) is 4.15. The van der Waals surface area contributed by atoms with Gasteiger partial charge < -0.3 is 10.1 Å². The highest BCUT2D eigenvalue weighted by atomic mass is 35.5. The summed E-state index contributed by atoms with van der Waals surface area (Å²) < 4.78 is 18.5. The van der Waals surface area contributed by atoms with Crippen molar-refractivity contribution in [3.8, 4) is 5.75 Å². The van der Waals surface area contributed by atoms with Crippen LogP contribution in [0.25, 0.3) is 0 Å². The Labute approximate surface area is 87.0 Å². The highest BCUT2D eigenvalue weighted by Crippen LogP contribution is 2.21. The molecule has 0 aromatic heterocycles. The molecule has 0 aliphatic carbocycles. The Balaban J connectivity index is 1.94. The average Bonchev–Trinajstić information content (AvgIpc) is 2.05. The van der Waals surface area contributed by atoms with Crippen molar-refractivity contribution >= 4 is 11.6 Å². The standard InChI is InChI=1S/C10H11ClFNO/c11-7-1-2-10(9(12)5-7)14-6-8-3-4-13-8/h1-2,5,8,13H,3-4,6H2. The van der Waals surface area contributed by atoms with Crippen molar-refractivity contribution in [1.82, 2.24) is 5.32 Å². The van der Waals surface area contributed by atoms with Crippen LogP contribution < -0.4 is 10.1 Å². The van der Waals surface area contributed by atoms with Crippen LogP contribution in [0.1, 0.15) is 6.42 Å². The predicted molar refractivity (Wildman–Crippen MR) is 53.3 cm³/mol. The minimum absolute atomic E-state index is 0.267. The van der Waals surface area contributed by atoms with Crippen LogP contribution in [0, 0.1) is 5.82 Å². The molecule has 1 aromatic carbocycles. The summed E-state index contributed by atoms with van der Waals surface area (Å²) in [7, 11) is 0. The molecule has 1 aliphatic rings. The molecule has 0 bridgehead atoms. The second-order valence-electron chi connectivity index (χ2n) is 3.33. The fourth-order valence-corrected chi connectivity index (χ4v) is 1.43. The summed E-state index contributed by atoms with van der Waals surface area (Å²) in [5.74, 6) is -0.139. The van der Waals surface area contributed by atoms with Crippen molar-refractivity contribution in [3.63, 3.8) is 0 Å². The quantitative estimate of drug-likeness (QED) is 0.835. The molecule has 1 fully saturated rings. The molecule has 1 unspecified atom stereocenters. The van der Waals surface area contributed by atoms with E-state index in [0.717, 1.165) is 13.0 Å².